The molecule has 0 aliphatic carbocycles. The number of aromatic nitrogens is 2. The number of carbonyl (C=O) groups is 1. The maximum atomic E-state index is 12.9. The van der Waals surface area contributed by atoms with E-state index in [1.165, 1.54) is 18.2 Å². The SMILES string of the molecule is CC(C)n1c(SCC(=O)N2CCC[C@@H](C)C2)nc2cc(Cl)ccc2c1=O. The number of fused-ring (bicyclic) bond motifs is 1. The number of halogens is 1. The van der Waals surface area contributed by atoms with Gasteiger partial charge >= 0.3 is 0 Å². The number of rotatable bonds is 4. The molecule has 0 saturated carbocycles. The fourth-order valence-electron chi connectivity index (χ4n) is 3.34. The zero-order valence-electron chi connectivity index (χ0n) is 15.4. The summed E-state index contributed by atoms with van der Waals surface area (Å²) in [6, 6.07) is 5.07. The molecule has 2 heterocycles. The topological polar surface area (TPSA) is 55.2 Å². The van der Waals surface area contributed by atoms with Gasteiger partial charge in [-0.3, -0.25) is 14.2 Å². The first-order valence-electron chi connectivity index (χ1n) is 8.99. The van der Waals surface area contributed by atoms with Gasteiger partial charge in [-0.05, 0) is 50.8 Å². The summed E-state index contributed by atoms with van der Waals surface area (Å²) in [5.41, 5.74) is 0.476. The number of carbonyl (C=O) groups excluding carboxylic acids is 1. The van der Waals surface area contributed by atoms with Crippen LogP contribution in [-0.2, 0) is 4.79 Å². The standard InChI is InChI=1S/C19H24ClN3O2S/c1-12(2)23-18(25)15-7-6-14(20)9-16(15)21-19(23)26-11-17(24)22-8-4-5-13(3)10-22/h6-7,9,12-13H,4-5,8,10-11H2,1-3H3/t13-/m1/s1. The maximum absolute atomic E-state index is 12.9. The molecule has 0 unspecified atom stereocenters. The van der Waals surface area contributed by atoms with E-state index in [9.17, 15) is 9.59 Å². The Hall–Kier alpha value is -1.53. The number of hydrogen-bond donors (Lipinski definition) is 0. The van der Waals surface area contributed by atoms with Crippen LogP contribution in [0, 0.1) is 5.92 Å². The lowest BCUT2D eigenvalue weighted by Crippen LogP contribution is -2.40. The van der Waals surface area contributed by atoms with Crippen LogP contribution in [0.1, 0.15) is 39.7 Å². The van der Waals surface area contributed by atoms with Crippen molar-refractivity contribution < 1.29 is 4.79 Å². The summed E-state index contributed by atoms with van der Waals surface area (Å²) in [6.07, 6.45) is 2.23. The zero-order chi connectivity index (χ0) is 18.8. The molecule has 3 rings (SSSR count). The molecule has 7 heteroatoms. The van der Waals surface area contributed by atoms with Crippen LogP contribution in [0.5, 0.6) is 0 Å². The highest BCUT2D eigenvalue weighted by atomic mass is 35.5. The molecule has 0 N–H and O–H groups in total. The smallest absolute Gasteiger partial charge is 0.262 e. The number of hydrogen-bond acceptors (Lipinski definition) is 4. The van der Waals surface area contributed by atoms with Crippen molar-refractivity contribution in [2.75, 3.05) is 18.8 Å². The Labute approximate surface area is 162 Å². The van der Waals surface area contributed by atoms with Crippen LogP contribution in [-0.4, -0.2) is 39.2 Å². The van der Waals surface area contributed by atoms with Gasteiger partial charge in [0.2, 0.25) is 5.91 Å². The normalized spacial score (nSPS) is 17.9. The number of likely N-dealkylation sites (tertiary alicyclic amines) is 1. The Kier molecular flexibility index (Phi) is 5.92. The van der Waals surface area contributed by atoms with Gasteiger partial charge in [0.25, 0.3) is 5.56 Å². The highest BCUT2D eigenvalue weighted by Gasteiger charge is 2.22. The molecular formula is C19H24ClN3O2S. The molecule has 1 atom stereocenters. The van der Waals surface area contributed by atoms with Crippen molar-refractivity contribution in [3.63, 3.8) is 0 Å². The third-order valence-corrected chi connectivity index (χ3v) is 5.85. The molecule has 1 aromatic heterocycles. The predicted octanol–water partition coefficient (Wildman–Crippen LogP) is 3.98. The number of nitrogens with zero attached hydrogens (tertiary/aromatic N) is 3. The van der Waals surface area contributed by atoms with E-state index >= 15 is 0 Å². The second-order valence-corrected chi connectivity index (χ2v) is 8.58. The zero-order valence-corrected chi connectivity index (χ0v) is 16.9. The molecule has 5 nitrogen and oxygen atoms in total. The molecule has 1 aromatic carbocycles. The highest BCUT2D eigenvalue weighted by molar-refractivity contribution is 7.99. The summed E-state index contributed by atoms with van der Waals surface area (Å²) < 4.78 is 1.66. The largest absolute Gasteiger partial charge is 0.342 e. The summed E-state index contributed by atoms with van der Waals surface area (Å²) >= 11 is 7.38. The Bertz CT molecular complexity index is 881. The minimum Gasteiger partial charge on any atom is -0.342 e. The average molecular weight is 394 g/mol. The van der Waals surface area contributed by atoms with Crippen LogP contribution in [0.4, 0.5) is 0 Å². The Morgan fingerprint density at radius 1 is 1.42 bits per heavy atom. The summed E-state index contributed by atoms with van der Waals surface area (Å²) in [5, 5.41) is 1.66. The van der Waals surface area contributed by atoms with Crippen LogP contribution in [0.25, 0.3) is 10.9 Å². The van der Waals surface area contributed by atoms with E-state index in [4.69, 9.17) is 11.6 Å². The Morgan fingerprint density at radius 3 is 2.88 bits per heavy atom. The fourth-order valence-corrected chi connectivity index (χ4v) is 4.54. The van der Waals surface area contributed by atoms with E-state index in [0.717, 1.165) is 19.5 Å². The van der Waals surface area contributed by atoms with Crippen molar-refractivity contribution in [1.29, 1.82) is 0 Å². The highest BCUT2D eigenvalue weighted by Crippen LogP contribution is 2.24. The summed E-state index contributed by atoms with van der Waals surface area (Å²) in [5.74, 6) is 0.947. The molecule has 0 radical (unpaired) electrons. The minimum absolute atomic E-state index is 0.0392. The van der Waals surface area contributed by atoms with Crippen molar-refractivity contribution >= 4 is 40.2 Å². The molecule has 1 saturated heterocycles. The summed E-state index contributed by atoms with van der Waals surface area (Å²) in [6.45, 7) is 7.71. The Balaban J connectivity index is 1.87. The van der Waals surface area contributed by atoms with Crippen molar-refractivity contribution in [2.45, 2.75) is 44.8 Å². The lowest BCUT2D eigenvalue weighted by Gasteiger charge is -2.31. The lowest BCUT2D eigenvalue weighted by molar-refractivity contribution is -0.130. The van der Waals surface area contributed by atoms with Gasteiger partial charge in [-0.15, -0.1) is 0 Å². The first-order valence-corrected chi connectivity index (χ1v) is 10.4. The van der Waals surface area contributed by atoms with Crippen LogP contribution >= 0.6 is 23.4 Å². The molecule has 0 spiro atoms. The number of benzene rings is 1. The lowest BCUT2D eigenvalue weighted by atomic mass is 10.0. The molecule has 1 aliphatic heterocycles. The van der Waals surface area contributed by atoms with Gasteiger partial charge in [0.1, 0.15) is 0 Å². The second kappa shape index (κ2) is 8.01. The molecule has 140 valence electrons. The molecule has 26 heavy (non-hydrogen) atoms. The van der Waals surface area contributed by atoms with Gasteiger partial charge in [0, 0.05) is 24.2 Å². The van der Waals surface area contributed by atoms with Crippen molar-refractivity contribution in [2.24, 2.45) is 5.92 Å². The van der Waals surface area contributed by atoms with E-state index < -0.39 is 0 Å². The second-order valence-electron chi connectivity index (χ2n) is 7.20. The van der Waals surface area contributed by atoms with Gasteiger partial charge in [-0.1, -0.05) is 30.3 Å². The maximum Gasteiger partial charge on any atom is 0.262 e. The average Bonchev–Trinajstić information content (AvgIpc) is 2.59. The van der Waals surface area contributed by atoms with Crippen LogP contribution < -0.4 is 5.56 Å². The van der Waals surface area contributed by atoms with Gasteiger partial charge in [-0.2, -0.15) is 0 Å². The monoisotopic (exact) mass is 393 g/mol. The van der Waals surface area contributed by atoms with Crippen molar-refractivity contribution in [3.8, 4) is 0 Å². The first-order chi connectivity index (χ1) is 12.4. The van der Waals surface area contributed by atoms with Crippen LogP contribution in [0.2, 0.25) is 5.02 Å². The van der Waals surface area contributed by atoms with Crippen LogP contribution in [0.15, 0.2) is 28.2 Å². The molecule has 0 bridgehead atoms. The molecule has 2 aromatic rings. The van der Waals surface area contributed by atoms with Gasteiger partial charge in [0.15, 0.2) is 5.16 Å². The first kappa shape index (κ1) is 19.2. The van der Waals surface area contributed by atoms with Crippen molar-refractivity contribution in [1.82, 2.24) is 14.5 Å². The molecule has 1 fully saturated rings. The van der Waals surface area contributed by atoms with Crippen LogP contribution in [0.3, 0.4) is 0 Å². The van der Waals surface area contributed by atoms with E-state index in [-0.39, 0.29) is 23.3 Å². The van der Waals surface area contributed by atoms with E-state index in [0.29, 0.717) is 27.0 Å². The summed E-state index contributed by atoms with van der Waals surface area (Å²) in [4.78, 5) is 32.0. The molecular weight excluding hydrogens is 370 g/mol. The predicted molar refractivity (Wildman–Crippen MR) is 107 cm³/mol. The minimum atomic E-state index is -0.0942. The molecule has 1 amide bonds. The van der Waals surface area contributed by atoms with Gasteiger partial charge in [-0.25, -0.2) is 4.98 Å². The quantitative estimate of drug-likeness (QED) is 0.582. The van der Waals surface area contributed by atoms with E-state index in [1.807, 2.05) is 18.7 Å². The third kappa shape index (κ3) is 4.07. The number of thioether (sulfide) groups is 1. The van der Waals surface area contributed by atoms with E-state index in [1.54, 1.807) is 22.8 Å². The van der Waals surface area contributed by atoms with Gasteiger partial charge in [0.05, 0.1) is 16.7 Å². The fraction of sp³-hybridized carbons (Fsp3) is 0.526. The summed E-state index contributed by atoms with van der Waals surface area (Å²) in [7, 11) is 0. The van der Waals surface area contributed by atoms with Crippen molar-refractivity contribution in [3.05, 3.63) is 33.6 Å². The molecule has 1 aliphatic rings. The number of piperidine rings is 1. The number of amides is 1. The Morgan fingerprint density at radius 2 is 2.19 bits per heavy atom. The third-order valence-electron chi connectivity index (χ3n) is 4.68. The van der Waals surface area contributed by atoms with E-state index in [2.05, 4.69) is 11.9 Å². The van der Waals surface area contributed by atoms with Gasteiger partial charge < -0.3 is 4.90 Å².